The molecule has 2 aliphatic rings. The first-order valence-electron chi connectivity index (χ1n) is 10.6. The molecule has 1 fully saturated rings. The van der Waals surface area contributed by atoms with Crippen molar-refractivity contribution in [3.05, 3.63) is 45.6 Å². The molecule has 1 saturated heterocycles. The van der Waals surface area contributed by atoms with Gasteiger partial charge >= 0.3 is 5.97 Å². The zero-order chi connectivity index (χ0) is 26.1. The third-order valence-corrected chi connectivity index (χ3v) is 6.35. The van der Waals surface area contributed by atoms with Crippen LogP contribution in [-0.2, 0) is 22.4 Å². The van der Waals surface area contributed by atoms with Crippen LogP contribution in [0.3, 0.4) is 0 Å². The Labute approximate surface area is 200 Å². The maximum Gasteiger partial charge on any atom is 0.335 e. The summed E-state index contributed by atoms with van der Waals surface area (Å²) in [4.78, 5) is 24.5. The molecule has 1 aliphatic heterocycles. The second kappa shape index (κ2) is 8.08. The van der Waals surface area contributed by atoms with Crippen LogP contribution in [0, 0.1) is 0 Å². The van der Waals surface area contributed by atoms with E-state index < -0.39 is 59.0 Å². The van der Waals surface area contributed by atoms with E-state index in [-0.39, 0.29) is 34.5 Å². The predicted molar refractivity (Wildman–Crippen MR) is 116 cm³/mol. The Bertz CT molecular complexity index is 1460. The smallest absolute Gasteiger partial charge is 0.335 e. The fourth-order valence-electron chi connectivity index (χ4n) is 4.44. The predicted octanol–water partition coefficient (Wildman–Crippen LogP) is -0.734. The van der Waals surface area contributed by atoms with Crippen LogP contribution >= 0.6 is 0 Å². The van der Waals surface area contributed by atoms with Gasteiger partial charge in [0.1, 0.15) is 28.6 Å². The summed E-state index contributed by atoms with van der Waals surface area (Å²) < 4.78 is 16.1. The van der Waals surface area contributed by atoms with Crippen molar-refractivity contribution in [1.29, 1.82) is 0 Å². The summed E-state index contributed by atoms with van der Waals surface area (Å²) in [6.07, 6.45) is -8.61. The van der Waals surface area contributed by atoms with E-state index in [0.717, 1.165) is 6.07 Å². The molecule has 0 spiro atoms. The van der Waals surface area contributed by atoms with Gasteiger partial charge < -0.3 is 54.7 Å². The van der Waals surface area contributed by atoms with E-state index in [9.17, 15) is 50.4 Å². The van der Waals surface area contributed by atoms with E-state index in [1.54, 1.807) is 6.07 Å². The monoisotopic (exact) mass is 504 g/mol. The lowest BCUT2D eigenvalue weighted by Gasteiger charge is -2.43. The third-order valence-electron chi connectivity index (χ3n) is 6.35. The zero-order valence-corrected chi connectivity index (χ0v) is 18.2. The molecular formula is C23H20O13. The summed E-state index contributed by atoms with van der Waals surface area (Å²) in [6.45, 7) is 0. The molecule has 0 bridgehead atoms. The average molecular weight is 504 g/mol. The normalized spacial score (nSPS) is 24.7. The van der Waals surface area contributed by atoms with Crippen molar-refractivity contribution in [1.82, 2.24) is 0 Å². The van der Waals surface area contributed by atoms with Gasteiger partial charge in [0.25, 0.3) is 0 Å². The summed E-state index contributed by atoms with van der Waals surface area (Å²) in [6, 6.07) is 5.46. The minimum absolute atomic E-state index is 0.0262. The standard InChI is InChI=1S/C23H20O13/c24-8-2-4-9-7(5-8)1-3-10-14(25)13-11(34-17(9)10)6-12(15(26)16(13)27)35-22-20(29)23(32,33)19(28)18(36-22)21(30)31/h2,4-6,18-20,22,24,26-29,32-33H,1,3H2,(H,30,31). The van der Waals surface area contributed by atoms with Crippen molar-refractivity contribution >= 4 is 16.9 Å². The minimum atomic E-state index is -3.37. The highest BCUT2D eigenvalue weighted by molar-refractivity contribution is 5.91. The van der Waals surface area contributed by atoms with Crippen LogP contribution in [0.15, 0.2) is 33.5 Å². The molecule has 5 rings (SSSR count). The highest BCUT2D eigenvalue weighted by atomic mass is 16.7. The number of benzene rings is 2. The van der Waals surface area contributed by atoms with E-state index in [2.05, 4.69) is 0 Å². The number of carbonyl (C=O) groups is 1. The summed E-state index contributed by atoms with van der Waals surface area (Å²) >= 11 is 0. The summed E-state index contributed by atoms with van der Waals surface area (Å²) in [7, 11) is 0. The first-order chi connectivity index (χ1) is 16.9. The van der Waals surface area contributed by atoms with Gasteiger partial charge in [0.2, 0.25) is 17.8 Å². The number of hydrogen-bond acceptors (Lipinski definition) is 12. The number of phenols is 3. The van der Waals surface area contributed by atoms with Crippen LogP contribution in [0.2, 0.25) is 0 Å². The topological polar surface area (TPSA) is 228 Å². The molecule has 13 heteroatoms. The third kappa shape index (κ3) is 3.44. The van der Waals surface area contributed by atoms with Gasteiger partial charge in [-0.15, -0.1) is 0 Å². The molecule has 1 aromatic heterocycles. The van der Waals surface area contributed by atoms with E-state index in [0.29, 0.717) is 17.5 Å². The number of aryl methyl sites for hydroxylation is 1. The lowest BCUT2D eigenvalue weighted by Crippen LogP contribution is -2.69. The van der Waals surface area contributed by atoms with Crippen LogP contribution in [0.4, 0.5) is 0 Å². The molecule has 8 N–H and O–H groups in total. The Morgan fingerprint density at radius 3 is 2.44 bits per heavy atom. The van der Waals surface area contributed by atoms with Crippen LogP contribution in [0.1, 0.15) is 11.1 Å². The Morgan fingerprint density at radius 2 is 1.75 bits per heavy atom. The number of carboxylic acid groups (broad SMARTS) is 1. The van der Waals surface area contributed by atoms with Gasteiger partial charge in [-0.1, -0.05) is 0 Å². The van der Waals surface area contributed by atoms with Crippen LogP contribution < -0.4 is 10.2 Å². The van der Waals surface area contributed by atoms with Gasteiger partial charge in [-0.3, -0.25) is 4.79 Å². The quantitative estimate of drug-likeness (QED) is 0.163. The van der Waals surface area contributed by atoms with Gasteiger partial charge in [-0.25, -0.2) is 4.79 Å². The Balaban J connectivity index is 1.62. The lowest BCUT2D eigenvalue weighted by molar-refractivity contribution is -0.369. The van der Waals surface area contributed by atoms with Gasteiger partial charge in [0, 0.05) is 17.2 Å². The molecular weight excluding hydrogens is 484 g/mol. The molecule has 2 heterocycles. The van der Waals surface area contributed by atoms with Gasteiger partial charge in [0.15, 0.2) is 29.1 Å². The summed E-state index contributed by atoms with van der Waals surface area (Å²) in [5.41, 5.74) is 0.585. The maximum atomic E-state index is 13.2. The first-order valence-corrected chi connectivity index (χ1v) is 10.6. The molecule has 2 aromatic carbocycles. The molecule has 3 aromatic rings. The molecule has 0 saturated carbocycles. The highest BCUT2D eigenvalue weighted by Gasteiger charge is 2.58. The molecule has 1 aliphatic carbocycles. The molecule has 13 nitrogen and oxygen atoms in total. The molecule has 190 valence electrons. The highest BCUT2D eigenvalue weighted by Crippen LogP contribution is 2.44. The van der Waals surface area contributed by atoms with Crippen molar-refractivity contribution in [2.24, 2.45) is 0 Å². The number of carboxylic acids is 1. The first kappa shape index (κ1) is 23.8. The van der Waals surface area contributed by atoms with Crippen LogP contribution in [0.25, 0.3) is 22.3 Å². The number of fused-ring (bicyclic) bond motifs is 4. The molecule has 0 amide bonds. The van der Waals surface area contributed by atoms with Gasteiger partial charge in [0.05, 0.1) is 0 Å². The minimum Gasteiger partial charge on any atom is -0.508 e. The zero-order valence-electron chi connectivity index (χ0n) is 18.2. The van der Waals surface area contributed by atoms with Crippen LogP contribution in [0.5, 0.6) is 23.0 Å². The van der Waals surface area contributed by atoms with Crippen molar-refractivity contribution in [3.8, 4) is 34.3 Å². The molecule has 0 radical (unpaired) electrons. The van der Waals surface area contributed by atoms with Crippen LogP contribution in [-0.4, -0.2) is 77.2 Å². The largest absolute Gasteiger partial charge is 0.508 e. The fourth-order valence-corrected chi connectivity index (χ4v) is 4.44. The number of aliphatic carboxylic acids is 1. The van der Waals surface area contributed by atoms with Crippen molar-refractivity contribution in [3.63, 3.8) is 0 Å². The second-order valence-corrected chi connectivity index (χ2v) is 8.58. The second-order valence-electron chi connectivity index (χ2n) is 8.58. The SMILES string of the molecule is O=C(O)C1OC(Oc2cc3oc4c(c(=O)c3c(O)c2O)CCc2cc(O)ccc2-4)C(O)C(O)(O)C1O. The Hall–Kier alpha value is -3.88. The molecule has 4 atom stereocenters. The van der Waals surface area contributed by atoms with E-state index in [1.165, 1.54) is 12.1 Å². The number of aliphatic hydroxyl groups is 4. The van der Waals surface area contributed by atoms with Crippen molar-refractivity contribution in [2.45, 2.75) is 43.2 Å². The Morgan fingerprint density at radius 1 is 1.03 bits per heavy atom. The van der Waals surface area contributed by atoms with Crippen molar-refractivity contribution in [2.75, 3.05) is 0 Å². The van der Waals surface area contributed by atoms with E-state index in [4.69, 9.17) is 13.9 Å². The number of rotatable bonds is 3. The Kier molecular flexibility index (Phi) is 5.35. The van der Waals surface area contributed by atoms with Crippen molar-refractivity contribution < 1.29 is 59.5 Å². The number of ether oxygens (including phenoxy) is 2. The molecule has 36 heavy (non-hydrogen) atoms. The van der Waals surface area contributed by atoms with E-state index in [1.807, 2.05) is 0 Å². The average Bonchev–Trinajstić information content (AvgIpc) is 2.82. The number of hydrogen-bond donors (Lipinski definition) is 8. The maximum absolute atomic E-state index is 13.2. The number of aliphatic hydroxyl groups excluding tert-OH is 2. The fraction of sp³-hybridized carbons (Fsp3) is 0.304. The van der Waals surface area contributed by atoms with E-state index >= 15 is 0 Å². The number of aromatic hydroxyl groups is 3. The van der Waals surface area contributed by atoms with Gasteiger partial charge in [-0.05, 0) is 36.6 Å². The lowest BCUT2D eigenvalue weighted by atomic mass is 9.89. The summed E-state index contributed by atoms with van der Waals surface area (Å²) in [5, 5.41) is 79.6. The molecule has 4 unspecified atom stereocenters. The summed E-state index contributed by atoms with van der Waals surface area (Å²) in [5.74, 6) is -7.58. The number of phenolic OH excluding ortho intramolecular Hbond substituents is 3. The van der Waals surface area contributed by atoms with Gasteiger partial charge in [-0.2, -0.15) is 0 Å².